The molecule has 114 valence electrons. The minimum atomic E-state index is 0.0231. The van der Waals surface area contributed by atoms with Crippen molar-refractivity contribution in [3.05, 3.63) is 59.9 Å². The predicted octanol–water partition coefficient (Wildman–Crippen LogP) is 3.25. The normalized spacial score (nSPS) is 17.8. The second-order valence-corrected chi connectivity index (χ2v) is 6.08. The van der Waals surface area contributed by atoms with Crippen LogP contribution in [0.3, 0.4) is 0 Å². The van der Waals surface area contributed by atoms with E-state index in [0.717, 1.165) is 17.0 Å². The molecule has 0 saturated carbocycles. The smallest absolute Gasteiger partial charge is 0.234 e. The monoisotopic (exact) mass is 314 g/mol. The van der Waals surface area contributed by atoms with Crippen molar-refractivity contribution in [2.24, 2.45) is 0 Å². The summed E-state index contributed by atoms with van der Waals surface area (Å²) < 4.78 is 5.56. The molecule has 0 bridgehead atoms. The van der Waals surface area contributed by atoms with Crippen molar-refractivity contribution in [3.63, 3.8) is 0 Å². The molecule has 4 nitrogen and oxygen atoms in total. The van der Waals surface area contributed by atoms with E-state index >= 15 is 0 Å². The second kappa shape index (κ2) is 6.83. The Morgan fingerprint density at radius 3 is 3.00 bits per heavy atom. The predicted molar refractivity (Wildman–Crippen MR) is 87.6 cm³/mol. The van der Waals surface area contributed by atoms with Crippen molar-refractivity contribution in [2.45, 2.75) is 18.8 Å². The van der Waals surface area contributed by atoms with E-state index in [1.54, 1.807) is 18.0 Å². The van der Waals surface area contributed by atoms with Crippen molar-refractivity contribution < 1.29 is 9.53 Å². The fourth-order valence-electron chi connectivity index (χ4n) is 2.49. The zero-order valence-electron chi connectivity index (χ0n) is 12.4. The molecule has 1 saturated heterocycles. The Kier molecular flexibility index (Phi) is 4.63. The number of pyridine rings is 1. The summed E-state index contributed by atoms with van der Waals surface area (Å²) >= 11 is 1.65. The fourth-order valence-corrected chi connectivity index (χ4v) is 3.67. The average Bonchev–Trinajstić information content (AvgIpc) is 2.90. The topological polar surface area (TPSA) is 42.4 Å². The molecule has 0 aliphatic carbocycles. The quantitative estimate of drug-likeness (QED) is 0.849. The van der Waals surface area contributed by atoms with Crippen molar-refractivity contribution in [3.8, 4) is 5.75 Å². The summed E-state index contributed by atoms with van der Waals surface area (Å²) in [5.41, 5.74) is 2.00. The lowest BCUT2D eigenvalue weighted by atomic mass is 10.2. The zero-order valence-corrected chi connectivity index (χ0v) is 13.3. The summed E-state index contributed by atoms with van der Waals surface area (Å²) in [7, 11) is 0. The summed E-state index contributed by atoms with van der Waals surface area (Å²) in [5, 5.41) is 0.0231. The number of hydrogen-bond donors (Lipinski definition) is 0. The first-order valence-corrected chi connectivity index (χ1v) is 8.36. The third-order valence-electron chi connectivity index (χ3n) is 3.48. The molecule has 1 aliphatic heterocycles. The maximum Gasteiger partial charge on any atom is 0.234 e. The molecule has 1 aliphatic rings. The molecule has 1 fully saturated rings. The Balaban J connectivity index is 1.82. The van der Waals surface area contributed by atoms with E-state index in [9.17, 15) is 4.79 Å². The molecule has 1 aromatic heterocycles. The number of ether oxygens (including phenoxy) is 1. The Morgan fingerprint density at radius 2 is 2.23 bits per heavy atom. The standard InChI is InChI=1S/C17H18N2O2S/c1-2-21-15-8-5-6-13(10-15)17-19(16(20)12-22-17)11-14-7-3-4-9-18-14/h3-10,17H,2,11-12H2,1H3. The molecular formula is C17H18N2O2S. The minimum Gasteiger partial charge on any atom is -0.494 e. The molecule has 2 heterocycles. The highest BCUT2D eigenvalue weighted by molar-refractivity contribution is 8.00. The second-order valence-electron chi connectivity index (χ2n) is 5.01. The van der Waals surface area contributed by atoms with Crippen LogP contribution in [0.25, 0.3) is 0 Å². The van der Waals surface area contributed by atoms with Gasteiger partial charge in [0.05, 0.1) is 24.6 Å². The van der Waals surface area contributed by atoms with Gasteiger partial charge in [0.15, 0.2) is 0 Å². The van der Waals surface area contributed by atoms with Gasteiger partial charge in [0.2, 0.25) is 5.91 Å². The number of benzene rings is 1. The van der Waals surface area contributed by atoms with Crippen LogP contribution in [0.5, 0.6) is 5.75 Å². The number of aromatic nitrogens is 1. The van der Waals surface area contributed by atoms with E-state index in [-0.39, 0.29) is 11.3 Å². The Morgan fingerprint density at radius 1 is 1.32 bits per heavy atom. The van der Waals surface area contributed by atoms with Crippen LogP contribution < -0.4 is 4.74 Å². The highest BCUT2D eigenvalue weighted by atomic mass is 32.2. The Bertz CT molecular complexity index is 648. The highest BCUT2D eigenvalue weighted by Gasteiger charge is 2.33. The van der Waals surface area contributed by atoms with Gasteiger partial charge >= 0.3 is 0 Å². The van der Waals surface area contributed by atoms with Crippen molar-refractivity contribution >= 4 is 17.7 Å². The zero-order chi connectivity index (χ0) is 15.4. The van der Waals surface area contributed by atoms with Crippen molar-refractivity contribution in [2.75, 3.05) is 12.4 Å². The van der Waals surface area contributed by atoms with Crippen molar-refractivity contribution in [1.29, 1.82) is 0 Å². The van der Waals surface area contributed by atoms with Gasteiger partial charge in [-0.25, -0.2) is 0 Å². The molecule has 1 atom stereocenters. The lowest BCUT2D eigenvalue weighted by Gasteiger charge is -2.24. The number of thioether (sulfide) groups is 1. The Hall–Kier alpha value is -2.01. The highest BCUT2D eigenvalue weighted by Crippen LogP contribution is 2.40. The lowest BCUT2D eigenvalue weighted by molar-refractivity contribution is -0.128. The van der Waals surface area contributed by atoms with Crippen LogP contribution in [-0.2, 0) is 11.3 Å². The van der Waals surface area contributed by atoms with Crippen LogP contribution in [0.2, 0.25) is 0 Å². The summed E-state index contributed by atoms with van der Waals surface area (Å²) in [4.78, 5) is 18.4. The van der Waals surface area contributed by atoms with E-state index < -0.39 is 0 Å². The molecule has 1 unspecified atom stereocenters. The first-order valence-electron chi connectivity index (χ1n) is 7.31. The molecule has 0 N–H and O–H groups in total. The number of carbonyl (C=O) groups is 1. The maximum absolute atomic E-state index is 12.2. The van der Waals surface area contributed by atoms with Crippen molar-refractivity contribution in [1.82, 2.24) is 9.88 Å². The molecule has 22 heavy (non-hydrogen) atoms. The minimum absolute atomic E-state index is 0.0231. The number of amides is 1. The van der Waals surface area contributed by atoms with Gasteiger partial charge in [-0.1, -0.05) is 18.2 Å². The molecule has 1 aromatic carbocycles. The van der Waals surface area contributed by atoms with Gasteiger partial charge < -0.3 is 9.64 Å². The number of hydrogen-bond acceptors (Lipinski definition) is 4. The molecular weight excluding hydrogens is 296 g/mol. The number of carbonyl (C=O) groups excluding carboxylic acids is 1. The van der Waals surface area contributed by atoms with Crippen LogP contribution in [0, 0.1) is 0 Å². The van der Waals surface area contributed by atoms with Gasteiger partial charge in [-0.3, -0.25) is 9.78 Å². The van der Waals surface area contributed by atoms with Gasteiger partial charge in [0.1, 0.15) is 11.1 Å². The maximum atomic E-state index is 12.2. The van der Waals surface area contributed by atoms with Crippen LogP contribution in [0.4, 0.5) is 0 Å². The molecule has 2 aromatic rings. The lowest BCUT2D eigenvalue weighted by Crippen LogP contribution is -2.28. The van der Waals surface area contributed by atoms with Crippen LogP contribution in [0.15, 0.2) is 48.7 Å². The van der Waals surface area contributed by atoms with E-state index in [4.69, 9.17) is 4.74 Å². The first-order chi connectivity index (χ1) is 10.8. The third-order valence-corrected chi connectivity index (χ3v) is 4.74. The molecule has 0 spiro atoms. The number of nitrogens with zero attached hydrogens (tertiary/aromatic N) is 2. The van der Waals surface area contributed by atoms with Gasteiger partial charge in [0.25, 0.3) is 0 Å². The number of rotatable bonds is 5. The van der Waals surface area contributed by atoms with E-state index in [1.807, 2.05) is 54.3 Å². The van der Waals surface area contributed by atoms with Gasteiger partial charge in [-0.15, -0.1) is 11.8 Å². The summed E-state index contributed by atoms with van der Waals surface area (Å²) in [5.74, 6) is 1.51. The third kappa shape index (κ3) is 3.25. The Labute approximate surface area is 134 Å². The summed E-state index contributed by atoms with van der Waals surface area (Å²) in [6.07, 6.45) is 1.76. The van der Waals surface area contributed by atoms with Crippen LogP contribution in [-0.4, -0.2) is 28.2 Å². The largest absolute Gasteiger partial charge is 0.494 e. The van der Waals surface area contributed by atoms with Crippen LogP contribution >= 0.6 is 11.8 Å². The molecule has 1 amide bonds. The van der Waals surface area contributed by atoms with Crippen LogP contribution in [0.1, 0.15) is 23.6 Å². The molecule has 0 radical (unpaired) electrons. The van der Waals surface area contributed by atoms with E-state index in [2.05, 4.69) is 4.98 Å². The van der Waals surface area contributed by atoms with Gasteiger partial charge in [-0.2, -0.15) is 0 Å². The first kappa shape index (κ1) is 14.9. The SMILES string of the molecule is CCOc1cccc(C2SCC(=O)N2Cc2ccccn2)c1. The molecule has 5 heteroatoms. The van der Waals surface area contributed by atoms with E-state index in [0.29, 0.717) is 18.9 Å². The summed E-state index contributed by atoms with van der Waals surface area (Å²) in [6.45, 7) is 3.14. The van der Waals surface area contributed by atoms with Gasteiger partial charge in [-0.05, 0) is 36.8 Å². The van der Waals surface area contributed by atoms with Gasteiger partial charge in [0, 0.05) is 6.20 Å². The molecule has 3 rings (SSSR count). The summed E-state index contributed by atoms with van der Waals surface area (Å²) in [6, 6.07) is 13.8. The fraction of sp³-hybridized carbons (Fsp3) is 0.294. The average molecular weight is 314 g/mol. The van der Waals surface area contributed by atoms with E-state index in [1.165, 1.54) is 0 Å².